The van der Waals surface area contributed by atoms with Crippen LogP contribution in [0.25, 0.3) is 10.1 Å². The van der Waals surface area contributed by atoms with Gasteiger partial charge in [-0.25, -0.2) is 0 Å². The minimum absolute atomic E-state index is 0.818. The van der Waals surface area contributed by atoms with Crippen molar-refractivity contribution in [1.29, 1.82) is 0 Å². The van der Waals surface area contributed by atoms with Crippen LogP contribution in [-0.2, 0) is 6.54 Å². The Bertz CT molecular complexity index is 459. The highest BCUT2D eigenvalue weighted by Crippen LogP contribution is 2.25. The average molecular weight is 247 g/mol. The molecule has 1 aromatic carbocycles. The number of nitrogens with one attached hydrogen (secondary N) is 1. The van der Waals surface area contributed by atoms with Gasteiger partial charge in [-0.15, -0.1) is 11.3 Å². The predicted octanol–water partition coefficient (Wildman–Crippen LogP) is 4.43. The first-order chi connectivity index (χ1) is 8.27. The van der Waals surface area contributed by atoms with E-state index in [1.807, 2.05) is 11.3 Å². The molecule has 0 saturated heterocycles. The molecule has 0 aliphatic rings. The molecule has 92 valence electrons. The smallest absolute Gasteiger partial charge is 0.0346 e. The molecule has 0 unspecified atom stereocenters. The molecule has 1 heterocycles. The van der Waals surface area contributed by atoms with E-state index in [1.54, 1.807) is 0 Å². The maximum atomic E-state index is 3.54. The molecule has 0 fully saturated rings. The molecule has 0 spiro atoms. The third-order valence-corrected chi connectivity index (χ3v) is 4.02. The summed E-state index contributed by atoms with van der Waals surface area (Å²) in [5.74, 6) is 0.818. The molecular weight excluding hydrogens is 226 g/mol. The van der Waals surface area contributed by atoms with Gasteiger partial charge >= 0.3 is 0 Å². The molecule has 0 radical (unpaired) electrons. The van der Waals surface area contributed by atoms with E-state index >= 15 is 0 Å². The summed E-state index contributed by atoms with van der Waals surface area (Å²) in [6.45, 7) is 6.70. The van der Waals surface area contributed by atoms with Gasteiger partial charge in [-0.1, -0.05) is 32.0 Å². The lowest BCUT2D eigenvalue weighted by Gasteiger charge is -2.06. The van der Waals surface area contributed by atoms with Crippen LogP contribution in [0.3, 0.4) is 0 Å². The number of thiophene rings is 1. The Labute approximate surface area is 108 Å². The molecule has 0 bridgehead atoms. The number of benzene rings is 1. The number of fused-ring (bicyclic) bond motifs is 1. The molecule has 0 amide bonds. The Balaban J connectivity index is 1.83. The van der Waals surface area contributed by atoms with E-state index in [-0.39, 0.29) is 0 Å². The second-order valence-corrected chi connectivity index (χ2v) is 5.88. The van der Waals surface area contributed by atoms with Gasteiger partial charge in [0, 0.05) is 11.2 Å². The zero-order valence-corrected chi connectivity index (χ0v) is 11.5. The highest BCUT2D eigenvalue weighted by molar-refractivity contribution is 7.17. The summed E-state index contributed by atoms with van der Waals surface area (Å²) in [4.78, 5) is 0. The standard InChI is InChI=1S/C15H21NS/c1-12(2)6-5-9-16-10-13-11-17-15-8-4-3-7-14(13)15/h3-4,7-8,11-12,16H,5-6,9-10H2,1-2H3. The van der Waals surface area contributed by atoms with E-state index < -0.39 is 0 Å². The lowest BCUT2D eigenvalue weighted by molar-refractivity contribution is 0.528. The van der Waals surface area contributed by atoms with Crippen LogP contribution in [-0.4, -0.2) is 6.54 Å². The fourth-order valence-electron chi connectivity index (χ4n) is 2.03. The van der Waals surface area contributed by atoms with E-state index in [1.165, 1.54) is 28.5 Å². The molecule has 2 rings (SSSR count). The maximum absolute atomic E-state index is 3.54. The molecule has 1 aromatic heterocycles. The zero-order chi connectivity index (χ0) is 12.1. The van der Waals surface area contributed by atoms with E-state index in [9.17, 15) is 0 Å². The van der Waals surface area contributed by atoms with Crippen LogP contribution in [0.1, 0.15) is 32.3 Å². The zero-order valence-electron chi connectivity index (χ0n) is 10.7. The number of hydrogen-bond acceptors (Lipinski definition) is 2. The van der Waals surface area contributed by atoms with Gasteiger partial charge in [-0.2, -0.15) is 0 Å². The first kappa shape index (κ1) is 12.6. The average Bonchev–Trinajstić information content (AvgIpc) is 2.72. The lowest BCUT2D eigenvalue weighted by atomic mass is 10.1. The Morgan fingerprint density at radius 1 is 1.24 bits per heavy atom. The van der Waals surface area contributed by atoms with Crippen LogP contribution in [0.2, 0.25) is 0 Å². The molecule has 0 atom stereocenters. The van der Waals surface area contributed by atoms with E-state index in [4.69, 9.17) is 0 Å². The second kappa shape index (κ2) is 6.18. The summed E-state index contributed by atoms with van der Waals surface area (Å²) in [5, 5.41) is 7.23. The van der Waals surface area contributed by atoms with Crippen LogP contribution in [0.4, 0.5) is 0 Å². The SMILES string of the molecule is CC(C)CCCNCc1csc2ccccc12. The van der Waals surface area contributed by atoms with Gasteiger partial charge in [-0.05, 0) is 47.7 Å². The fourth-order valence-corrected chi connectivity index (χ4v) is 2.99. The van der Waals surface area contributed by atoms with Gasteiger partial charge in [0.15, 0.2) is 0 Å². The summed E-state index contributed by atoms with van der Waals surface area (Å²) in [7, 11) is 0. The maximum Gasteiger partial charge on any atom is 0.0346 e. The Kier molecular flexibility index (Phi) is 4.57. The van der Waals surface area contributed by atoms with Crippen molar-refractivity contribution in [2.45, 2.75) is 33.2 Å². The van der Waals surface area contributed by atoms with Gasteiger partial charge in [0.05, 0.1) is 0 Å². The molecule has 1 nitrogen and oxygen atoms in total. The van der Waals surface area contributed by atoms with Crippen molar-refractivity contribution in [3.05, 3.63) is 35.2 Å². The van der Waals surface area contributed by atoms with Crippen molar-refractivity contribution in [2.24, 2.45) is 5.92 Å². The minimum atomic E-state index is 0.818. The van der Waals surface area contributed by atoms with Crippen molar-refractivity contribution in [1.82, 2.24) is 5.32 Å². The number of rotatable bonds is 6. The minimum Gasteiger partial charge on any atom is -0.313 e. The van der Waals surface area contributed by atoms with E-state index in [0.29, 0.717) is 0 Å². The molecule has 0 aliphatic heterocycles. The van der Waals surface area contributed by atoms with Crippen molar-refractivity contribution in [3.8, 4) is 0 Å². The van der Waals surface area contributed by atoms with E-state index in [2.05, 4.69) is 48.8 Å². The van der Waals surface area contributed by atoms with Crippen molar-refractivity contribution in [3.63, 3.8) is 0 Å². The third kappa shape index (κ3) is 3.55. The van der Waals surface area contributed by atoms with Gasteiger partial charge in [0.25, 0.3) is 0 Å². The summed E-state index contributed by atoms with van der Waals surface area (Å²) in [6.07, 6.45) is 2.59. The molecular formula is C15H21NS. The third-order valence-electron chi connectivity index (χ3n) is 3.01. The van der Waals surface area contributed by atoms with Gasteiger partial charge in [0.1, 0.15) is 0 Å². The normalized spacial score (nSPS) is 11.5. The van der Waals surface area contributed by atoms with E-state index in [0.717, 1.165) is 19.0 Å². The van der Waals surface area contributed by atoms with Crippen molar-refractivity contribution < 1.29 is 0 Å². The van der Waals surface area contributed by atoms with Gasteiger partial charge in [0.2, 0.25) is 0 Å². The highest BCUT2D eigenvalue weighted by atomic mass is 32.1. The Morgan fingerprint density at radius 2 is 2.06 bits per heavy atom. The van der Waals surface area contributed by atoms with Crippen LogP contribution < -0.4 is 5.32 Å². The molecule has 17 heavy (non-hydrogen) atoms. The first-order valence-corrected chi connectivity index (χ1v) is 7.31. The summed E-state index contributed by atoms with van der Waals surface area (Å²) >= 11 is 1.84. The van der Waals surface area contributed by atoms with Crippen molar-refractivity contribution >= 4 is 21.4 Å². The highest BCUT2D eigenvalue weighted by Gasteiger charge is 2.02. The summed E-state index contributed by atoms with van der Waals surface area (Å²) < 4.78 is 1.39. The monoisotopic (exact) mass is 247 g/mol. The predicted molar refractivity (Wildman–Crippen MR) is 77.6 cm³/mol. The lowest BCUT2D eigenvalue weighted by Crippen LogP contribution is -2.14. The Morgan fingerprint density at radius 3 is 2.88 bits per heavy atom. The van der Waals surface area contributed by atoms with Crippen LogP contribution in [0.15, 0.2) is 29.6 Å². The largest absolute Gasteiger partial charge is 0.313 e. The second-order valence-electron chi connectivity index (χ2n) is 4.97. The summed E-state index contributed by atoms with van der Waals surface area (Å²) in [5.41, 5.74) is 1.44. The van der Waals surface area contributed by atoms with Gasteiger partial charge < -0.3 is 5.32 Å². The fraction of sp³-hybridized carbons (Fsp3) is 0.467. The molecule has 1 N–H and O–H groups in total. The van der Waals surface area contributed by atoms with Crippen LogP contribution in [0, 0.1) is 5.92 Å². The van der Waals surface area contributed by atoms with Crippen LogP contribution >= 0.6 is 11.3 Å². The number of hydrogen-bond donors (Lipinski definition) is 1. The first-order valence-electron chi connectivity index (χ1n) is 6.43. The topological polar surface area (TPSA) is 12.0 Å². The van der Waals surface area contributed by atoms with Crippen LogP contribution in [0.5, 0.6) is 0 Å². The summed E-state index contributed by atoms with van der Waals surface area (Å²) in [6, 6.07) is 8.65. The van der Waals surface area contributed by atoms with Gasteiger partial charge in [-0.3, -0.25) is 0 Å². The quantitative estimate of drug-likeness (QED) is 0.745. The van der Waals surface area contributed by atoms with Crippen molar-refractivity contribution in [2.75, 3.05) is 6.54 Å². The molecule has 2 aromatic rings. The molecule has 0 saturated carbocycles. The molecule has 2 heteroatoms. The Hall–Kier alpha value is -0.860. The molecule has 0 aliphatic carbocycles.